The first-order valence-corrected chi connectivity index (χ1v) is 11.4. The predicted octanol–water partition coefficient (Wildman–Crippen LogP) is 2.91. The van der Waals surface area contributed by atoms with Crippen molar-refractivity contribution < 1.29 is 4.79 Å². The van der Waals surface area contributed by atoms with Crippen molar-refractivity contribution in [2.75, 3.05) is 37.7 Å². The van der Waals surface area contributed by atoms with Crippen LogP contribution in [0.4, 0.5) is 0 Å². The highest BCUT2D eigenvalue weighted by Crippen LogP contribution is 2.28. The van der Waals surface area contributed by atoms with Gasteiger partial charge in [-0.15, -0.1) is 0 Å². The Morgan fingerprint density at radius 2 is 1.77 bits per heavy atom. The second-order valence-corrected chi connectivity index (χ2v) is 9.11. The van der Waals surface area contributed by atoms with Crippen LogP contribution in [0.15, 0.2) is 30.3 Å². The van der Waals surface area contributed by atoms with Crippen molar-refractivity contribution in [2.24, 2.45) is 0 Å². The Hall–Kier alpha value is -1.04. The number of thioether (sulfide) groups is 1. The van der Waals surface area contributed by atoms with Gasteiger partial charge in [0, 0.05) is 49.8 Å². The van der Waals surface area contributed by atoms with E-state index in [1.54, 1.807) is 0 Å². The summed E-state index contributed by atoms with van der Waals surface area (Å²) in [6.45, 7) is 4.17. The monoisotopic (exact) mass is 373 g/mol. The van der Waals surface area contributed by atoms with Gasteiger partial charge in [0.05, 0.1) is 0 Å². The summed E-state index contributed by atoms with van der Waals surface area (Å²) in [5.41, 5.74) is 1.13. The molecule has 5 heteroatoms. The molecule has 4 rings (SSSR count). The number of likely N-dealkylation sites (tertiary alicyclic amines) is 1. The lowest BCUT2D eigenvalue weighted by Crippen LogP contribution is -2.47. The highest BCUT2D eigenvalue weighted by atomic mass is 32.2. The SMILES string of the molecule is O=C(NC1CCN(C2CCCC2)C1)C(c1ccccc1)N1CCSCC1. The number of amides is 1. The summed E-state index contributed by atoms with van der Waals surface area (Å²) in [5, 5.41) is 3.40. The molecule has 26 heavy (non-hydrogen) atoms. The van der Waals surface area contributed by atoms with E-state index < -0.39 is 0 Å². The molecule has 3 aliphatic rings. The second kappa shape index (κ2) is 8.77. The van der Waals surface area contributed by atoms with E-state index in [1.165, 1.54) is 25.7 Å². The minimum Gasteiger partial charge on any atom is -0.350 e. The fraction of sp³-hybridized carbons (Fsp3) is 0.667. The zero-order chi connectivity index (χ0) is 17.8. The normalized spacial score (nSPS) is 26.8. The molecule has 0 radical (unpaired) electrons. The first-order valence-electron chi connectivity index (χ1n) is 10.2. The molecule has 0 bridgehead atoms. The van der Waals surface area contributed by atoms with Crippen molar-refractivity contribution in [1.29, 1.82) is 0 Å². The molecule has 4 nitrogen and oxygen atoms in total. The molecule has 1 saturated carbocycles. The molecule has 1 amide bonds. The van der Waals surface area contributed by atoms with Gasteiger partial charge < -0.3 is 5.32 Å². The largest absolute Gasteiger partial charge is 0.350 e. The van der Waals surface area contributed by atoms with Crippen LogP contribution in [0.3, 0.4) is 0 Å². The van der Waals surface area contributed by atoms with Gasteiger partial charge in [0.25, 0.3) is 0 Å². The minimum atomic E-state index is -0.141. The Morgan fingerprint density at radius 3 is 2.50 bits per heavy atom. The lowest BCUT2D eigenvalue weighted by molar-refractivity contribution is -0.127. The van der Waals surface area contributed by atoms with Crippen molar-refractivity contribution in [1.82, 2.24) is 15.1 Å². The van der Waals surface area contributed by atoms with Crippen LogP contribution in [-0.4, -0.2) is 65.5 Å². The highest BCUT2D eigenvalue weighted by molar-refractivity contribution is 7.99. The molecular formula is C21H31N3OS. The fourth-order valence-corrected chi connectivity index (χ4v) is 5.72. The van der Waals surface area contributed by atoms with E-state index in [9.17, 15) is 4.79 Å². The summed E-state index contributed by atoms with van der Waals surface area (Å²) in [7, 11) is 0. The maximum absolute atomic E-state index is 13.2. The van der Waals surface area contributed by atoms with Crippen molar-refractivity contribution >= 4 is 17.7 Å². The number of carbonyl (C=O) groups excluding carboxylic acids is 1. The lowest BCUT2D eigenvalue weighted by Gasteiger charge is -2.34. The zero-order valence-electron chi connectivity index (χ0n) is 15.6. The van der Waals surface area contributed by atoms with Gasteiger partial charge in [-0.1, -0.05) is 43.2 Å². The van der Waals surface area contributed by atoms with E-state index in [-0.39, 0.29) is 11.9 Å². The number of benzene rings is 1. The predicted molar refractivity (Wildman–Crippen MR) is 108 cm³/mol. The number of nitrogens with one attached hydrogen (secondary N) is 1. The van der Waals surface area contributed by atoms with E-state index in [2.05, 4.69) is 27.2 Å². The summed E-state index contributed by atoms with van der Waals surface area (Å²) in [4.78, 5) is 18.2. The number of hydrogen-bond donors (Lipinski definition) is 1. The molecular weight excluding hydrogens is 342 g/mol. The maximum atomic E-state index is 13.2. The van der Waals surface area contributed by atoms with Crippen molar-refractivity contribution in [3.8, 4) is 0 Å². The highest BCUT2D eigenvalue weighted by Gasteiger charge is 2.34. The van der Waals surface area contributed by atoms with Crippen LogP contribution < -0.4 is 5.32 Å². The topological polar surface area (TPSA) is 35.6 Å². The molecule has 1 aromatic rings. The van der Waals surface area contributed by atoms with E-state index in [0.717, 1.165) is 55.7 Å². The van der Waals surface area contributed by atoms with Gasteiger partial charge in [0.2, 0.25) is 5.91 Å². The quantitative estimate of drug-likeness (QED) is 0.861. The third-order valence-corrected chi connectivity index (χ3v) is 7.12. The minimum absolute atomic E-state index is 0.141. The van der Waals surface area contributed by atoms with Crippen molar-refractivity contribution in [2.45, 2.75) is 50.2 Å². The molecule has 2 aliphatic heterocycles. The Labute approximate surface area is 161 Å². The molecule has 0 aromatic heterocycles. The first kappa shape index (κ1) is 18.3. The van der Waals surface area contributed by atoms with Gasteiger partial charge in [-0.2, -0.15) is 11.8 Å². The number of hydrogen-bond acceptors (Lipinski definition) is 4. The Balaban J connectivity index is 1.41. The number of nitrogens with zero attached hydrogens (tertiary/aromatic N) is 2. The summed E-state index contributed by atoms with van der Waals surface area (Å²) >= 11 is 1.99. The molecule has 2 heterocycles. The zero-order valence-corrected chi connectivity index (χ0v) is 16.4. The van der Waals surface area contributed by atoms with Crippen molar-refractivity contribution in [3.05, 3.63) is 35.9 Å². The second-order valence-electron chi connectivity index (χ2n) is 7.89. The van der Waals surface area contributed by atoms with E-state index in [0.29, 0.717) is 6.04 Å². The molecule has 0 spiro atoms. The van der Waals surface area contributed by atoms with Crippen LogP contribution in [-0.2, 0) is 4.79 Å². The van der Waals surface area contributed by atoms with Crippen LogP contribution in [0.2, 0.25) is 0 Å². The van der Waals surface area contributed by atoms with Gasteiger partial charge >= 0.3 is 0 Å². The average molecular weight is 374 g/mol. The van der Waals surface area contributed by atoms with Crippen LogP contribution >= 0.6 is 11.8 Å². The number of carbonyl (C=O) groups is 1. The first-order chi connectivity index (χ1) is 12.8. The summed E-state index contributed by atoms with van der Waals surface area (Å²) in [6.07, 6.45) is 6.54. The molecule has 1 N–H and O–H groups in total. The van der Waals surface area contributed by atoms with Gasteiger partial charge in [-0.25, -0.2) is 0 Å². The lowest BCUT2D eigenvalue weighted by atomic mass is 10.0. The molecule has 1 aromatic carbocycles. The molecule has 2 unspecified atom stereocenters. The standard InChI is InChI=1S/C21H31N3OS/c25-21(22-18-10-11-24(16-18)19-8-4-5-9-19)20(17-6-2-1-3-7-17)23-12-14-26-15-13-23/h1-3,6-7,18-20H,4-5,8-16H2,(H,22,25). The molecule has 2 atom stereocenters. The molecule has 142 valence electrons. The van der Waals surface area contributed by atoms with E-state index in [4.69, 9.17) is 0 Å². The van der Waals surface area contributed by atoms with E-state index >= 15 is 0 Å². The molecule has 2 saturated heterocycles. The van der Waals surface area contributed by atoms with Crippen molar-refractivity contribution in [3.63, 3.8) is 0 Å². The van der Waals surface area contributed by atoms with Gasteiger partial charge in [-0.05, 0) is 24.8 Å². The van der Waals surface area contributed by atoms with E-state index in [1.807, 2.05) is 30.0 Å². The summed E-state index contributed by atoms with van der Waals surface area (Å²) in [5.74, 6) is 2.44. The van der Waals surface area contributed by atoms with Gasteiger partial charge in [0.15, 0.2) is 0 Å². The van der Waals surface area contributed by atoms with Crippen LogP contribution in [0.5, 0.6) is 0 Å². The Bertz CT molecular complexity index is 584. The Morgan fingerprint density at radius 1 is 1.04 bits per heavy atom. The molecule has 1 aliphatic carbocycles. The molecule has 3 fully saturated rings. The van der Waals surface area contributed by atoms with Crippen LogP contribution in [0.1, 0.15) is 43.7 Å². The number of rotatable bonds is 5. The summed E-state index contributed by atoms with van der Waals surface area (Å²) < 4.78 is 0. The smallest absolute Gasteiger partial charge is 0.242 e. The third-order valence-electron chi connectivity index (χ3n) is 6.18. The maximum Gasteiger partial charge on any atom is 0.242 e. The van der Waals surface area contributed by atoms with Gasteiger partial charge in [0.1, 0.15) is 6.04 Å². The average Bonchev–Trinajstić information content (AvgIpc) is 3.35. The fourth-order valence-electron chi connectivity index (χ4n) is 4.79. The summed E-state index contributed by atoms with van der Waals surface area (Å²) in [6, 6.07) is 11.3. The van der Waals surface area contributed by atoms with Crippen LogP contribution in [0.25, 0.3) is 0 Å². The van der Waals surface area contributed by atoms with Gasteiger partial charge in [-0.3, -0.25) is 14.6 Å². The van der Waals surface area contributed by atoms with Crippen LogP contribution in [0, 0.1) is 0 Å². The Kier molecular flexibility index (Phi) is 6.18. The third kappa shape index (κ3) is 4.26.